The summed E-state index contributed by atoms with van der Waals surface area (Å²) in [4.78, 5) is 0.230. The number of aromatic nitrogens is 2. The Bertz CT molecular complexity index is 601. The number of aromatic amines is 1. The Labute approximate surface area is 102 Å². The highest BCUT2D eigenvalue weighted by Gasteiger charge is 2.00. The maximum atomic E-state index is 9.42. The zero-order valence-corrected chi connectivity index (χ0v) is 9.82. The molecule has 1 aromatic carbocycles. The van der Waals surface area contributed by atoms with Crippen LogP contribution < -0.4 is 4.74 Å². The minimum atomic E-state index is 0.0990. The molecule has 6 heteroatoms. The van der Waals surface area contributed by atoms with Crippen molar-refractivity contribution in [1.29, 1.82) is 0 Å². The van der Waals surface area contributed by atoms with E-state index in [9.17, 15) is 5.11 Å². The number of rotatable bonds is 3. The Morgan fingerprint density at radius 1 is 1.47 bits per heavy atom. The van der Waals surface area contributed by atoms with Gasteiger partial charge in [-0.3, -0.25) is 0 Å². The lowest BCUT2D eigenvalue weighted by Gasteiger charge is -2.03. The van der Waals surface area contributed by atoms with Gasteiger partial charge in [-0.15, -0.1) is 5.10 Å². The van der Waals surface area contributed by atoms with Gasteiger partial charge in [-0.05, 0) is 36.0 Å². The van der Waals surface area contributed by atoms with E-state index < -0.39 is 0 Å². The molecule has 0 aliphatic heterocycles. The van der Waals surface area contributed by atoms with Crippen LogP contribution in [0, 0.1) is 4.84 Å². The Hall–Kier alpha value is -2.08. The highest BCUT2D eigenvalue weighted by molar-refractivity contribution is 7.71. The van der Waals surface area contributed by atoms with Crippen molar-refractivity contribution in [1.82, 2.24) is 10.2 Å². The van der Waals surface area contributed by atoms with Gasteiger partial charge in [0.15, 0.2) is 11.5 Å². The summed E-state index contributed by atoms with van der Waals surface area (Å²) in [6.07, 6.45) is 3.44. The van der Waals surface area contributed by atoms with E-state index in [0.29, 0.717) is 11.6 Å². The molecule has 0 spiro atoms. The first-order chi connectivity index (χ1) is 8.19. The average Bonchev–Trinajstić information content (AvgIpc) is 2.74. The smallest absolute Gasteiger partial charge is 0.284 e. The lowest BCUT2D eigenvalue weighted by Crippen LogP contribution is -1.84. The monoisotopic (exact) mass is 250 g/mol. The van der Waals surface area contributed by atoms with E-state index in [1.54, 1.807) is 30.4 Å². The quantitative estimate of drug-likeness (QED) is 0.819. The summed E-state index contributed by atoms with van der Waals surface area (Å²) >= 11 is 4.75. The Morgan fingerprint density at radius 3 is 2.94 bits per heavy atom. The maximum absolute atomic E-state index is 9.42. The van der Waals surface area contributed by atoms with Crippen molar-refractivity contribution in [3.63, 3.8) is 0 Å². The highest BCUT2D eigenvalue weighted by Crippen LogP contribution is 2.26. The lowest BCUT2D eigenvalue weighted by atomic mass is 10.2. The molecule has 5 nitrogen and oxygen atoms in total. The van der Waals surface area contributed by atoms with Crippen molar-refractivity contribution in [3.8, 4) is 11.5 Å². The normalized spacial score (nSPS) is 10.9. The van der Waals surface area contributed by atoms with E-state index in [-0.39, 0.29) is 10.6 Å². The Morgan fingerprint density at radius 2 is 2.29 bits per heavy atom. The first-order valence-electron chi connectivity index (χ1n) is 4.79. The summed E-state index contributed by atoms with van der Waals surface area (Å²) in [5, 5.41) is 15.8. The van der Waals surface area contributed by atoms with Crippen LogP contribution in [-0.4, -0.2) is 22.4 Å². The molecule has 1 heterocycles. The zero-order chi connectivity index (χ0) is 12.3. The second-order valence-corrected chi connectivity index (χ2v) is 3.59. The molecule has 88 valence electrons. The number of H-pyrrole nitrogens is 1. The molecule has 0 bridgehead atoms. The van der Waals surface area contributed by atoms with Gasteiger partial charge in [-0.25, -0.2) is 5.10 Å². The summed E-state index contributed by atoms with van der Waals surface area (Å²) in [6, 6.07) is 5.00. The number of nitrogens with zero attached hydrogens (tertiary/aromatic N) is 1. The first kappa shape index (κ1) is 11.4. The van der Waals surface area contributed by atoms with Gasteiger partial charge in [0.25, 0.3) is 4.84 Å². The number of nitrogens with one attached hydrogen (secondary N) is 1. The molecule has 0 aliphatic rings. The van der Waals surface area contributed by atoms with Crippen LogP contribution in [0.25, 0.3) is 12.2 Å². The van der Waals surface area contributed by atoms with Gasteiger partial charge < -0.3 is 14.3 Å². The standard InChI is InChI=1S/C11H10N2O3S/c1-15-9-6-7(2-4-8(9)14)3-5-10-12-13-11(17)16-10/h2-6,14H,1H3,(H,13,17)/b5-3+. The zero-order valence-electron chi connectivity index (χ0n) is 9.01. The number of methoxy groups -OCH3 is 1. The van der Waals surface area contributed by atoms with Crippen LogP contribution in [0.15, 0.2) is 22.6 Å². The summed E-state index contributed by atoms with van der Waals surface area (Å²) in [5.74, 6) is 0.902. The summed E-state index contributed by atoms with van der Waals surface area (Å²) in [7, 11) is 1.50. The van der Waals surface area contributed by atoms with Crippen molar-refractivity contribution in [2.24, 2.45) is 0 Å². The highest BCUT2D eigenvalue weighted by atomic mass is 32.1. The molecule has 0 amide bonds. The van der Waals surface area contributed by atoms with Crippen LogP contribution >= 0.6 is 12.2 Å². The molecule has 2 N–H and O–H groups in total. The molecule has 0 aliphatic carbocycles. The van der Waals surface area contributed by atoms with Gasteiger partial charge >= 0.3 is 0 Å². The van der Waals surface area contributed by atoms with Gasteiger partial charge in [0, 0.05) is 6.08 Å². The molecule has 0 radical (unpaired) electrons. The number of phenolic OH excluding ortho intramolecular Hbond substituents is 1. The van der Waals surface area contributed by atoms with E-state index in [1.165, 1.54) is 7.11 Å². The minimum absolute atomic E-state index is 0.0990. The van der Waals surface area contributed by atoms with E-state index in [2.05, 4.69) is 10.2 Å². The molecule has 0 atom stereocenters. The first-order valence-corrected chi connectivity index (χ1v) is 5.20. The van der Waals surface area contributed by atoms with E-state index in [4.69, 9.17) is 21.4 Å². The van der Waals surface area contributed by atoms with Crippen molar-refractivity contribution in [2.75, 3.05) is 7.11 Å². The molecule has 17 heavy (non-hydrogen) atoms. The third-order valence-corrected chi connectivity index (χ3v) is 2.25. The van der Waals surface area contributed by atoms with Gasteiger partial charge in [0.05, 0.1) is 7.11 Å². The minimum Gasteiger partial charge on any atom is -0.504 e. The predicted octanol–water partition coefficient (Wildman–Crippen LogP) is 2.62. The third-order valence-electron chi connectivity index (χ3n) is 2.08. The van der Waals surface area contributed by atoms with Gasteiger partial charge in [-0.2, -0.15) is 0 Å². The third kappa shape index (κ3) is 2.73. The maximum Gasteiger partial charge on any atom is 0.284 e. The van der Waals surface area contributed by atoms with E-state index in [1.807, 2.05) is 0 Å². The lowest BCUT2D eigenvalue weighted by molar-refractivity contribution is 0.373. The van der Waals surface area contributed by atoms with Crippen LogP contribution in [-0.2, 0) is 0 Å². The SMILES string of the molecule is COc1cc(/C=C/c2n[nH]c(=S)o2)ccc1O. The van der Waals surface area contributed by atoms with Gasteiger partial charge in [0.1, 0.15) is 0 Å². The van der Waals surface area contributed by atoms with Crippen molar-refractivity contribution >= 4 is 24.4 Å². The van der Waals surface area contributed by atoms with Crippen LogP contribution in [0.1, 0.15) is 11.5 Å². The number of benzene rings is 1. The second kappa shape index (κ2) is 4.84. The fourth-order valence-corrected chi connectivity index (χ4v) is 1.41. The van der Waals surface area contributed by atoms with Crippen LogP contribution in [0.5, 0.6) is 11.5 Å². The van der Waals surface area contributed by atoms with E-state index in [0.717, 1.165) is 5.56 Å². The topological polar surface area (TPSA) is 71.3 Å². The predicted molar refractivity (Wildman–Crippen MR) is 65.3 cm³/mol. The van der Waals surface area contributed by atoms with Crippen LogP contribution in [0.4, 0.5) is 0 Å². The molecule has 2 rings (SSSR count). The Balaban J connectivity index is 2.24. The molecule has 0 unspecified atom stereocenters. The molecule has 0 saturated carbocycles. The second-order valence-electron chi connectivity index (χ2n) is 3.22. The molecular formula is C11H10N2O3S. The number of ether oxygens (including phenoxy) is 1. The molecular weight excluding hydrogens is 240 g/mol. The number of aromatic hydroxyl groups is 1. The molecule has 2 aromatic rings. The summed E-state index contributed by atoms with van der Waals surface area (Å²) < 4.78 is 10.1. The average molecular weight is 250 g/mol. The molecule has 1 aromatic heterocycles. The molecule has 0 fully saturated rings. The van der Waals surface area contributed by atoms with Crippen molar-refractivity contribution < 1.29 is 14.3 Å². The van der Waals surface area contributed by atoms with Gasteiger partial charge in [0.2, 0.25) is 5.89 Å². The number of hydrogen-bond acceptors (Lipinski definition) is 5. The van der Waals surface area contributed by atoms with Crippen LogP contribution in [0.2, 0.25) is 0 Å². The van der Waals surface area contributed by atoms with Crippen molar-refractivity contribution in [2.45, 2.75) is 0 Å². The number of phenols is 1. The van der Waals surface area contributed by atoms with E-state index >= 15 is 0 Å². The van der Waals surface area contributed by atoms with Crippen LogP contribution in [0.3, 0.4) is 0 Å². The fourth-order valence-electron chi connectivity index (χ4n) is 1.28. The summed E-state index contributed by atoms with van der Waals surface area (Å²) in [5.41, 5.74) is 0.851. The Kier molecular flexibility index (Phi) is 3.24. The summed E-state index contributed by atoms with van der Waals surface area (Å²) in [6.45, 7) is 0. The number of hydrogen-bond donors (Lipinski definition) is 2. The van der Waals surface area contributed by atoms with Gasteiger partial charge in [-0.1, -0.05) is 6.07 Å². The van der Waals surface area contributed by atoms with Crippen molar-refractivity contribution in [3.05, 3.63) is 34.5 Å². The largest absolute Gasteiger partial charge is 0.504 e. The molecule has 0 saturated heterocycles. The fraction of sp³-hybridized carbons (Fsp3) is 0.0909.